The van der Waals surface area contributed by atoms with Crippen molar-refractivity contribution in [1.82, 2.24) is 15.2 Å². The molecule has 0 amide bonds. The van der Waals surface area contributed by atoms with E-state index in [1.165, 1.54) is 0 Å². The van der Waals surface area contributed by atoms with Gasteiger partial charge in [-0.1, -0.05) is 24.3 Å². The zero-order valence-corrected chi connectivity index (χ0v) is 16.3. The van der Waals surface area contributed by atoms with Crippen LogP contribution in [0.5, 0.6) is 0 Å². The van der Waals surface area contributed by atoms with Gasteiger partial charge in [0.25, 0.3) is 0 Å². The highest BCUT2D eigenvalue weighted by Gasteiger charge is 2.27. The second-order valence-corrected chi connectivity index (χ2v) is 7.10. The van der Waals surface area contributed by atoms with Crippen molar-refractivity contribution in [2.45, 2.75) is 32.8 Å². The molecule has 0 fully saturated rings. The molecular weight excluding hydrogens is 377 g/mol. The number of aryl methyl sites for hydroxylation is 1. The Hall–Kier alpha value is -2.13. The number of nitrogens with zero attached hydrogens (tertiary/aromatic N) is 3. The van der Waals surface area contributed by atoms with Gasteiger partial charge in [-0.05, 0) is 18.1 Å². The van der Waals surface area contributed by atoms with Gasteiger partial charge in [-0.25, -0.2) is 4.98 Å². The first-order valence-corrected chi connectivity index (χ1v) is 9.20. The molecule has 1 aromatic heterocycles. The van der Waals surface area contributed by atoms with E-state index in [9.17, 15) is 13.2 Å². The zero-order valence-electron chi connectivity index (χ0n) is 15.5. The molecule has 148 valence electrons. The second kappa shape index (κ2) is 9.70. The summed E-state index contributed by atoms with van der Waals surface area (Å²) in [5, 5.41) is 6.29. The summed E-state index contributed by atoms with van der Waals surface area (Å²) in [4.78, 5) is 10.7. The number of nitrogens with one attached hydrogen (secondary N) is 1. The van der Waals surface area contributed by atoms with Crippen molar-refractivity contribution < 1.29 is 17.9 Å². The highest BCUT2D eigenvalue weighted by atomic mass is 32.1. The number of benzene rings is 1. The molecule has 5 nitrogen and oxygen atoms in total. The summed E-state index contributed by atoms with van der Waals surface area (Å²) < 4.78 is 41.2. The van der Waals surface area contributed by atoms with Crippen molar-refractivity contribution in [3.63, 3.8) is 0 Å². The van der Waals surface area contributed by atoms with Crippen molar-refractivity contribution in [2.24, 2.45) is 4.99 Å². The van der Waals surface area contributed by atoms with Gasteiger partial charge in [0, 0.05) is 26.0 Å². The summed E-state index contributed by atoms with van der Waals surface area (Å²) in [6.07, 6.45) is -4.31. The number of alkyl halides is 3. The van der Waals surface area contributed by atoms with Crippen LogP contribution in [-0.4, -0.2) is 42.7 Å². The van der Waals surface area contributed by atoms with Crippen LogP contribution >= 0.6 is 11.3 Å². The lowest BCUT2D eigenvalue weighted by molar-refractivity contribution is -0.176. The Labute approximate surface area is 160 Å². The van der Waals surface area contributed by atoms with Gasteiger partial charge < -0.3 is 15.0 Å². The van der Waals surface area contributed by atoms with Crippen molar-refractivity contribution >= 4 is 17.3 Å². The summed E-state index contributed by atoms with van der Waals surface area (Å²) in [6, 6.07) is 7.26. The average molecular weight is 400 g/mol. The number of guanidine groups is 1. The molecule has 0 saturated carbocycles. The van der Waals surface area contributed by atoms with Gasteiger partial charge in [-0.2, -0.15) is 13.2 Å². The van der Waals surface area contributed by atoms with Crippen LogP contribution in [0.25, 0.3) is 0 Å². The van der Waals surface area contributed by atoms with Gasteiger partial charge in [0.2, 0.25) is 0 Å². The highest BCUT2D eigenvalue weighted by Crippen LogP contribution is 2.16. The minimum Gasteiger partial charge on any atom is -0.367 e. The number of hydrogen-bond acceptors (Lipinski definition) is 4. The number of halogens is 3. The van der Waals surface area contributed by atoms with E-state index in [-0.39, 0.29) is 6.61 Å². The fourth-order valence-electron chi connectivity index (χ4n) is 2.48. The molecule has 1 heterocycles. The standard InChI is InChI=1S/C18H23F3N4OS/c1-13-24-16(11-27-13)9-25(3)17(22-2)23-8-14-5-4-6-15(7-14)10-26-12-18(19,20)21/h4-7,11H,8-10,12H2,1-3H3,(H,22,23). The highest BCUT2D eigenvalue weighted by molar-refractivity contribution is 7.09. The third kappa shape index (κ3) is 7.56. The van der Waals surface area contributed by atoms with E-state index in [1.54, 1.807) is 30.5 Å². The first-order chi connectivity index (χ1) is 12.8. The molecule has 1 N–H and O–H groups in total. The molecule has 0 bridgehead atoms. The summed E-state index contributed by atoms with van der Waals surface area (Å²) in [6.45, 7) is 1.77. The molecule has 1 aromatic carbocycles. The van der Waals surface area contributed by atoms with Crippen LogP contribution in [0.15, 0.2) is 34.6 Å². The van der Waals surface area contributed by atoms with E-state index in [0.717, 1.165) is 16.3 Å². The summed E-state index contributed by atoms with van der Waals surface area (Å²) >= 11 is 1.61. The number of aliphatic imine (C=N–C) groups is 1. The number of rotatable bonds is 7. The first-order valence-electron chi connectivity index (χ1n) is 8.32. The summed E-state index contributed by atoms with van der Waals surface area (Å²) in [7, 11) is 3.62. The maximum atomic E-state index is 12.2. The fraction of sp³-hybridized carbons (Fsp3) is 0.444. The summed E-state index contributed by atoms with van der Waals surface area (Å²) in [5.74, 6) is 0.708. The van der Waals surface area contributed by atoms with Crippen LogP contribution in [0.1, 0.15) is 21.8 Å². The molecule has 2 rings (SSSR count). The van der Waals surface area contributed by atoms with E-state index in [0.29, 0.717) is 24.6 Å². The Balaban J connectivity index is 1.87. The number of thiazole rings is 1. The molecule has 0 unspecified atom stereocenters. The van der Waals surface area contributed by atoms with Crippen molar-refractivity contribution in [3.05, 3.63) is 51.5 Å². The Bertz CT molecular complexity index is 761. The van der Waals surface area contributed by atoms with E-state index in [1.807, 2.05) is 36.4 Å². The molecule has 0 spiro atoms. The van der Waals surface area contributed by atoms with Crippen LogP contribution in [0, 0.1) is 6.92 Å². The molecule has 0 aliphatic heterocycles. The quantitative estimate of drug-likeness (QED) is 0.568. The fourth-order valence-corrected chi connectivity index (χ4v) is 3.08. The molecule has 0 aliphatic rings. The van der Waals surface area contributed by atoms with Crippen LogP contribution in [-0.2, 0) is 24.4 Å². The van der Waals surface area contributed by atoms with Gasteiger partial charge in [-0.3, -0.25) is 4.99 Å². The van der Waals surface area contributed by atoms with Gasteiger partial charge in [-0.15, -0.1) is 11.3 Å². The van der Waals surface area contributed by atoms with Gasteiger partial charge >= 0.3 is 6.18 Å². The molecule has 2 aromatic rings. The Morgan fingerprint density at radius 2 is 2.07 bits per heavy atom. The second-order valence-electron chi connectivity index (χ2n) is 6.04. The van der Waals surface area contributed by atoms with E-state index in [2.05, 4.69) is 15.3 Å². The molecule has 0 radical (unpaired) electrons. The van der Waals surface area contributed by atoms with Crippen molar-refractivity contribution in [2.75, 3.05) is 20.7 Å². The normalized spacial score (nSPS) is 12.3. The summed E-state index contributed by atoms with van der Waals surface area (Å²) in [5.41, 5.74) is 2.61. The topological polar surface area (TPSA) is 49.8 Å². The van der Waals surface area contributed by atoms with E-state index < -0.39 is 12.8 Å². The lowest BCUT2D eigenvalue weighted by Crippen LogP contribution is -2.38. The van der Waals surface area contributed by atoms with Crippen LogP contribution < -0.4 is 5.32 Å². The first kappa shape index (κ1) is 21.2. The monoisotopic (exact) mass is 400 g/mol. The third-order valence-electron chi connectivity index (χ3n) is 3.62. The molecular formula is C18H23F3N4OS. The molecule has 27 heavy (non-hydrogen) atoms. The van der Waals surface area contributed by atoms with Crippen LogP contribution in [0.2, 0.25) is 0 Å². The maximum Gasteiger partial charge on any atom is 0.411 e. The van der Waals surface area contributed by atoms with Crippen LogP contribution in [0.3, 0.4) is 0 Å². The minimum absolute atomic E-state index is 0.0782. The van der Waals surface area contributed by atoms with E-state index >= 15 is 0 Å². The largest absolute Gasteiger partial charge is 0.411 e. The molecule has 0 aliphatic carbocycles. The zero-order chi connectivity index (χ0) is 19.9. The van der Waals surface area contributed by atoms with Crippen LogP contribution in [0.4, 0.5) is 13.2 Å². The lowest BCUT2D eigenvalue weighted by atomic mass is 10.1. The molecule has 0 atom stereocenters. The predicted octanol–water partition coefficient (Wildman–Crippen LogP) is 3.74. The number of aromatic nitrogens is 1. The number of hydrogen-bond donors (Lipinski definition) is 1. The van der Waals surface area contributed by atoms with Gasteiger partial charge in [0.05, 0.1) is 23.9 Å². The van der Waals surface area contributed by atoms with Gasteiger partial charge in [0.1, 0.15) is 6.61 Å². The third-order valence-corrected chi connectivity index (χ3v) is 4.44. The Morgan fingerprint density at radius 1 is 1.33 bits per heavy atom. The Morgan fingerprint density at radius 3 is 2.70 bits per heavy atom. The smallest absolute Gasteiger partial charge is 0.367 e. The minimum atomic E-state index is -4.31. The molecule has 0 saturated heterocycles. The lowest BCUT2D eigenvalue weighted by Gasteiger charge is -2.21. The number of ether oxygens (including phenoxy) is 1. The van der Waals surface area contributed by atoms with Gasteiger partial charge in [0.15, 0.2) is 5.96 Å². The average Bonchev–Trinajstić information content (AvgIpc) is 2.99. The van der Waals surface area contributed by atoms with Crippen molar-refractivity contribution in [1.29, 1.82) is 0 Å². The molecule has 9 heteroatoms. The maximum absolute atomic E-state index is 12.2. The predicted molar refractivity (Wildman–Crippen MR) is 101 cm³/mol. The van der Waals surface area contributed by atoms with E-state index in [4.69, 9.17) is 4.74 Å². The SMILES string of the molecule is CN=C(NCc1cccc(COCC(F)(F)F)c1)N(C)Cc1csc(C)n1. The van der Waals surface area contributed by atoms with Crippen molar-refractivity contribution in [3.8, 4) is 0 Å². The Kier molecular flexibility index (Phi) is 7.61.